The highest BCUT2D eigenvalue weighted by Gasteiger charge is 2.21. The molecule has 0 aromatic heterocycles. The molecule has 0 aliphatic carbocycles. The van der Waals surface area contributed by atoms with Gasteiger partial charge in [-0.1, -0.05) is 20.8 Å². The largest absolute Gasteiger partial charge is 0.343 e. The van der Waals surface area contributed by atoms with Crippen LogP contribution >= 0.6 is 0 Å². The monoisotopic (exact) mass is 254 g/mol. The Bertz CT molecular complexity index is 252. The molecule has 18 heavy (non-hydrogen) atoms. The third-order valence-electron chi connectivity index (χ3n) is 3.76. The van der Waals surface area contributed by atoms with Crippen molar-refractivity contribution < 1.29 is 4.79 Å². The summed E-state index contributed by atoms with van der Waals surface area (Å²) in [5, 5.41) is 3.38. The van der Waals surface area contributed by atoms with Gasteiger partial charge in [0.2, 0.25) is 5.91 Å². The van der Waals surface area contributed by atoms with Crippen molar-refractivity contribution in [2.24, 2.45) is 11.3 Å². The number of hydrogen-bond acceptors (Lipinski definition) is 2. The quantitative estimate of drug-likeness (QED) is 0.818. The molecule has 0 aromatic carbocycles. The van der Waals surface area contributed by atoms with E-state index in [1.165, 1.54) is 12.8 Å². The SMILES string of the molecule is CCN(CC1CCNCC1)C(=O)CCC(C)(C)C. The highest BCUT2D eigenvalue weighted by molar-refractivity contribution is 5.76. The van der Waals surface area contributed by atoms with Crippen molar-refractivity contribution >= 4 is 5.91 Å². The molecule has 1 amide bonds. The number of carbonyl (C=O) groups is 1. The molecule has 0 bridgehead atoms. The van der Waals surface area contributed by atoms with Crippen molar-refractivity contribution in [1.82, 2.24) is 10.2 Å². The van der Waals surface area contributed by atoms with E-state index in [0.29, 0.717) is 18.2 Å². The normalized spacial score (nSPS) is 17.8. The van der Waals surface area contributed by atoms with Crippen LogP contribution in [0, 0.1) is 11.3 Å². The van der Waals surface area contributed by atoms with Crippen LogP contribution in [0.15, 0.2) is 0 Å². The van der Waals surface area contributed by atoms with Gasteiger partial charge in [-0.3, -0.25) is 4.79 Å². The van der Waals surface area contributed by atoms with Crippen LogP contribution in [-0.4, -0.2) is 37.0 Å². The Morgan fingerprint density at radius 1 is 1.28 bits per heavy atom. The number of nitrogens with zero attached hydrogens (tertiary/aromatic N) is 1. The first-order valence-corrected chi connectivity index (χ1v) is 7.41. The minimum Gasteiger partial charge on any atom is -0.343 e. The highest BCUT2D eigenvalue weighted by atomic mass is 16.2. The molecular formula is C15H30N2O. The van der Waals surface area contributed by atoms with E-state index in [-0.39, 0.29) is 5.41 Å². The van der Waals surface area contributed by atoms with Crippen molar-refractivity contribution in [2.75, 3.05) is 26.2 Å². The number of carbonyl (C=O) groups excluding carboxylic acids is 1. The van der Waals surface area contributed by atoms with Crippen LogP contribution in [-0.2, 0) is 4.79 Å². The van der Waals surface area contributed by atoms with Gasteiger partial charge in [0, 0.05) is 19.5 Å². The Morgan fingerprint density at radius 2 is 1.89 bits per heavy atom. The van der Waals surface area contributed by atoms with Crippen molar-refractivity contribution in [3.63, 3.8) is 0 Å². The van der Waals surface area contributed by atoms with Crippen LogP contribution in [0.1, 0.15) is 53.4 Å². The molecule has 1 aliphatic heterocycles. The van der Waals surface area contributed by atoms with Gasteiger partial charge in [-0.05, 0) is 50.6 Å². The van der Waals surface area contributed by atoms with Gasteiger partial charge >= 0.3 is 0 Å². The molecule has 0 atom stereocenters. The molecule has 3 heteroatoms. The maximum atomic E-state index is 12.2. The summed E-state index contributed by atoms with van der Waals surface area (Å²) in [6, 6.07) is 0. The van der Waals surface area contributed by atoms with Crippen LogP contribution in [0.4, 0.5) is 0 Å². The number of piperidine rings is 1. The number of amides is 1. The Kier molecular flexibility index (Phi) is 6.13. The summed E-state index contributed by atoms with van der Waals surface area (Å²) in [5.74, 6) is 1.04. The molecule has 1 fully saturated rings. The van der Waals surface area contributed by atoms with E-state index in [4.69, 9.17) is 0 Å². The second-order valence-electron chi connectivity index (χ2n) is 6.69. The standard InChI is InChI=1S/C15H30N2O/c1-5-17(12-13-7-10-16-11-8-13)14(18)6-9-15(2,3)4/h13,16H,5-12H2,1-4H3. The topological polar surface area (TPSA) is 32.3 Å². The summed E-state index contributed by atoms with van der Waals surface area (Å²) >= 11 is 0. The van der Waals surface area contributed by atoms with Crippen molar-refractivity contribution in [3.05, 3.63) is 0 Å². The van der Waals surface area contributed by atoms with Gasteiger partial charge in [0.25, 0.3) is 0 Å². The van der Waals surface area contributed by atoms with Crippen molar-refractivity contribution in [1.29, 1.82) is 0 Å². The van der Waals surface area contributed by atoms with Gasteiger partial charge < -0.3 is 10.2 Å². The molecule has 1 rings (SSSR count). The summed E-state index contributed by atoms with van der Waals surface area (Å²) in [6.07, 6.45) is 4.10. The fourth-order valence-electron chi connectivity index (χ4n) is 2.42. The van der Waals surface area contributed by atoms with Crippen LogP contribution in [0.2, 0.25) is 0 Å². The first-order valence-electron chi connectivity index (χ1n) is 7.41. The summed E-state index contributed by atoms with van der Waals surface area (Å²) < 4.78 is 0. The van der Waals surface area contributed by atoms with E-state index in [0.717, 1.165) is 32.6 Å². The summed E-state index contributed by atoms with van der Waals surface area (Å²) in [6.45, 7) is 12.7. The van der Waals surface area contributed by atoms with E-state index in [1.807, 2.05) is 0 Å². The van der Waals surface area contributed by atoms with E-state index in [9.17, 15) is 4.79 Å². The molecule has 1 aliphatic rings. The lowest BCUT2D eigenvalue weighted by Crippen LogP contribution is -2.39. The lowest BCUT2D eigenvalue weighted by Gasteiger charge is -2.30. The zero-order valence-electron chi connectivity index (χ0n) is 12.6. The van der Waals surface area contributed by atoms with Crippen LogP contribution in [0.5, 0.6) is 0 Å². The Balaban J connectivity index is 2.36. The number of nitrogens with one attached hydrogen (secondary N) is 1. The summed E-state index contributed by atoms with van der Waals surface area (Å²) in [5.41, 5.74) is 0.254. The zero-order valence-corrected chi connectivity index (χ0v) is 12.6. The third-order valence-corrected chi connectivity index (χ3v) is 3.76. The molecule has 1 heterocycles. The second kappa shape index (κ2) is 7.13. The maximum Gasteiger partial charge on any atom is 0.222 e. The minimum absolute atomic E-state index is 0.254. The van der Waals surface area contributed by atoms with Crippen molar-refractivity contribution in [3.8, 4) is 0 Å². The van der Waals surface area contributed by atoms with Crippen LogP contribution in [0.3, 0.4) is 0 Å². The highest BCUT2D eigenvalue weighted by Crippen LogP contribution is 2.22. The minimum atomic E-state index is 0.254. The Labute approximate surface area is 112 Å². The lowest BCUT2D eigenvalue weighted by atomic mass is 9.90. The second-order valence-corrected chi connectivity index (χ2v) is 6.69. The van der Waals surface area contributed by atoms with E-state index < -0.39 is 0 Å². The van der Waals surface area contributed by atoms with E-state index in [2.05, 4.69) is 37.9 Å². The van der Waals surface area contributed by atoms with Gasteiger partial charge in [-0.15, -0.1) is 0 Å². The molecular weight excluding hydrogens is 224 g/mol. The average Bonchev–Trinajstić information content (AvgIpc) is 2.33. The van der Waals surface area contributed by atoms with Crippen LogP contribution < -0.4 is 5.32 Å². The summed E-state index contributed by atoms with van der Waals surface area (Å²) in [4.78, 5) is 14.3. The van der Waals surface area contributed by atoms with Gasteiger partial charge in [0.05, 0.1) is 0 Å². The van der Waals surface area contributed by atoms with E-state index in [1.54, 1.807) is 0 Å². The third kappa shape index (κ3) is 5.85. The first-order chi connectivity index (χ1) is 8.42. The molecule has 0 radical (unpaired) electrons. The lowest BCUT2D eigenvalue weighted by molar-refractivity contribution is -0.132. The van der Waals surface area contributed by atoms with Gasteiger partial charge in [-0.2, -0.15) is 0 Å². The molecule has 3 nitrogen and oxygen atoms in total. The van der Waals surface area contributed by atoms with Gasteiger partial charge in [-0.25, -0.2) is 0 Å². The summed E-state index contributed by atoms with van der Waals surface area (Å²) in [7, 11) is 0. The smallest absolute Gasteiger partial charge is 0.222 e. The van der Waals surface area contributed by atoms with Crippen LogP contribution in [0.25, 0.3) is 0 Å². The predicted molar refractivity (Wildman–Crippen MR) is 76.5 cm³/mol. The molecule has 0 saturated carbocycles. The molecule has 0 spiro atoms. The number of hydrogen-bond donors (Lipinski definition) is 1. The fraction of sp³-hybridized carbons (Fsp3) is 0.933. The van der Waals surface area contributed by atoms with Crippen molar-refractivity contribution in [2.45, 2.75) is 53.4 Å². The van der Waals surface area contributed by atoms with Gasteiger partial charge in [0.15, 0.2) is 0 Å². The predicted octanol–water partition coefficient (Wildman–Crippen LogP) is 2.66. The molecule has 1 N–H and O–H groups in total. The van der Waals surface area contributed by atoms with Gasteiger partial charge in [0.1, 0.15) is 0 Å². The first kappa shape index (κ1) is 15.5. The Morgan fingerprint density at radius 3 is 2.39 bits per heavy atom. The molecule has 0 aromatic rings. The fourth-order valence-corrected chi connectivity index (χ4v) is 2.42. The van der Waals surface area contributed by atoms with E-state index >= 15 is 0 Å². The average molecular weight is 254 g/mol. The molecule has 106 valence electrons. The zero-order chi connectivity index (χ0) is 13.6. The molecule has 1 saturated heterocycles. The molecule has 0 unspecified atom stereocenters. The Hall–Kier alpha value is -0.570. The maximum absolute atomic E-state index is 12.2. The number of rotatable bonds is 5.